The molecule has 3 saturated heterocycles. The molecule has 18 heavy (non-hydrogen) atoms. The Morgan fingerprint density at radius 2 is 2.11 bits per heavy atom. The summed E-state index contributed by atoms with van der Waals surface area (Å²) in [7, 11) is 4.06. The lowest BCUT2D eigenvalue weighted by atomic mass is 9.97. The van der Waals surface area contributed by atoms with Crippen LogP contribution >= 0.6 is 15.9 Å². The van der Waals surface area contributed by atoms with Crippen LogP contribution in [0.5, 0.6) is 0 Å². The van der Waals surface area contributed by atoms with Crippen molar-refractivity contribution in [1.82, 2.24) is 24.9 Å². The van der Waals surface area contributed by atoms with Gasteiger partial charge in [-0.2, -0.15) is 5.10 Å². The van der Waals surface area contributed by atoms with Crippen LogP contribution in [0.2, 0.25) is 0 Å². The zero-order valence-corrected chi connectivity index (χ0v) is 12.5. The number of rotatable bonds is 3. The molecule has 0 amide bonds. The fourth-order valence-corrected chi connectivity index (χ4v) is 3.85. The van der Waals surface area contributed by atoms with Crippen LogP contribution in [0.1, 0.15) is 11.7 Å². The van der Waals surface area contributed by atoms with Gasteiger partial charge in [-0.1, -0.05) is 0 Å². The maximum Gasteiger partial charge on any atom is 0.0708 e. The van der Waals surface area contributed by atoms with Crippen LogP contribution in [0.15, 0.2) is 10.7 Å². The van der Waals surface area contributed by atoms with Gasteiger partial charge in [0.05, 0.1) is 22.4 Å². The van der Waals surface area contributed by atoms with Gasteiger partial charge in [-0.25, -0.2) is 0 Å². The predicted octanol–water partition coefficient (Wildman–Crippen LogP) is 0.443. The van der Waals surface area contributed by atoms with Gasteiger partial charge in [0.1, 0.15) is 0 Å². The highest BCUT2D eigenvalue weighted by Gasteiger charge is 2.38. The molecular formula is C12H20BrN5. The number of aryl methyl sites for hydroxylation is 1. The number of nitrogens with zero attached hydrogens (tertiary/aromatic N) is 4. The minimum absolute atomic E-state index is 0.329. The summed E-state index contributed by atoms with van der Waals surface area (Å²) in [6, 6.07) is 0.874. The molecule has 1 aromatic rings. The van der Waals surface area contributed by atoms with E-state index in [1.807, 2.05) is 25.0 Å². The molecule has 4 rings (SSSR count). The van der Waals surface area contributed by atoms with E-state index in [9.17, 15) is 0 Å². The SMILES string of the molecule is CNC(c1c(Br)cnn1C)C1CN2CCN1CC2. The van der Waals surface area contributed by atoms with Crippen LogP contribution in [0.3, 0.4) is 0 Å². The third-order valence-corrected chi connectivity index (χ3v) is 4.86. The van der Waals surface area contributed by atoms with Crippen molar-refractivity contribution in [3.63, 3.8) is 0 Å². The van der Waals surface area contributed by atoms with Crippen LogP contribution in [-0.2, 0) is 7.05 Å². The highest BCUT2D eigenvalue weighted by Crippen LogP contribution is 2.30. The van der Waals surface area contributed by atoms with E-state index in [0.29, 0.717) is 12.1 Å². The van der Waals surface area contributed by atoms with Gasteiger partial charge >= 0.3 is 0 Å². The molecule has 0 spiro atoms. The maximum atomic E-state index is 4.34. The Bertz CT molecular complexity index is 405. The second kappa shape index (κ2) is 4.92. The fraction of sp³-hybridized carbons (Fsp3) is 0.750. The molecule has 100 valence electrons. The normalized spacial score (nSPS) is 32.7. The van der Waals surface area contributed by atoms with Crippen molar-refractivity contribution in [2.45, 2.75) is 12.1 Å². The first-order valence-electron chi connectivity index (χ1n) is 6.51. The van der Waals surface area contributed by atoms with Gasteiger partial charge in [0, 0.05) is 45.8 Å². The second-order valence-electron chi connectivity index (χ2n) is 5.17. The fourth-order valence-electron chi connectivity index (χ4n) is 3.26. The molecule has 2 bridgehead atoms. The van der Waals surface area contributed by atoms with Crippen molar-refractivity contribution >= 4 is 15.9 Å². The second-order valence-corrected chi connectivity index (χ2v) is 6.03. The Kier molecular flexibility index (Phi) is 3.44. The lowest BCUT2D eigenvalue weighted by molar-refractivity contribution is -0.00379. The van der Waals surface area contributed by atoms with Crippen LogP contribution in [0.4, 0.5) is 0 Å². The highest BCUT2D eigenvalue weighted by atomic mass is 79.9. The summed E-state index contributed by atoms with van der Waals surface area (Å²) in [5.41, 5.74) is 1.25. The Hall–Kier alpha value is -0.430. The minimum Gasteiger partial charge on any atom is -0.310 e. The average molecular weight is 314 g/mol. The summed E-state index contributed by atoms with van der Waals surface area (Å²) in [5, 5.41) is 7.82. The average Bonchev–Trinajstić information content (AvgIpc) is 2.73. The Balaban J connectivity index is 1.89. The van der Waals surface area contributed by atoms with E-state index in [0.717, 1.165) is 11.0 Å². The van der Waals surface area contributed by atoms with Crippen molar-refractivity contribution in [3.05, 3.63) is 16.4 Å². The number of aromatic nitrogens is 2. The third kappa shape index (κ3) is 2.01. The number of nitrogens with one attached hydrogen (secondary N) is 1. The van der Waals surface area contributed by atoms with Crippen LogP contribution < -0.4 is 5.32 Å². The van der Waals surface area contributed by atoms with Crippen molar-refractivity contribution in [2.24, 2.45) is 7.05 Å². The van der Waals surface area contributed by atoms with Gasteiger partial charge in [-0.15, -0.1) is 0 Å². The molecule has 2 atom stereocenters. The molecule has 6 heteroatoms. The number of hydrogen-bond donors (Lipinski definition) is 1. The van der Waals surface area contributed by atoms with Crippen molar-refractivity contribution in [3.8, 4) is 0 Å². The number of fused-ring (bicyclic) bond motifs is 3. The number of hydrogen-bond acceptors (Lipinski definition) is 4. The first kappa shape index (κ1) is 12.6. The molecule has 0 aliphatic carbocycles. The van der Waals surface area contributed by atoms with E-state index in [2.05, 4.69) is 36.1 Å². The quantitative estimate of drug-likeness (QED) is 0.879. The monoisotopic (exact) mass is 313 g/mol. The number of likely N-dealkylation sites (N-methyl/N-ethyl adjacent to an activating group) is 1. The van der Waals surface area contributed by atoms with Crippen molar-refractivity contribution in [2.75, 3.05) is 39.8 Å². The predicted molar refractivity (Wildman–Crippen MR) is 74.5 cm³/mol. The van der Waals surface area contributed by atoms with E-state index >= 15 is 0 Å². The van der Waals surface area contributed by atoms with Crippen molar-refractivity contribution < 1.29 is 0 Å². The lowest BCUT2D eigenvalue weighted by Crippen LogP contribution is -2.63. The third-order valence-electron chi connectivity index (χ3n) is 4.25. The van der Waals surface area contributed by atoms with Gasteiger partial charge in [-0.05, 0) is 23.0 Å². The van der Waals surface area contributed by atoms with E-state index in [1.54, 1.807) is 0 Å². The summed E-state index contributed by atoms with van der Waals surface area (Å²) in [6.45, 7) is 5.98. The molecule has 3 aliphatic heterocycles. The molecule has 0 saturated carbocycles. The van der Waals surface area contributed by atoms with E-state index in [-0.39, 0.29) is 0 Å². The number of piperazine rings is 3. The van der Waals surface area contributed by atoms with E-state index in [4.69, 9.17) is 0 Å². The van der Waals surface area contributed by atoms with E-state index in [1.165, 1.54) is 31.9 Å². The summed E-state index contributed by atoms with van der Waals surface area (Å²) < 4.78 is 3.08. The van der Waals surface area contributed by atoms with Gasteiger partial charge in [0.2, 0.25) is 0 Å². The molecule has 4 heterocycles. The van der Waals surface area contributed by atoms with Crippen LogP contribution in [0.25, 0.3) is 0 Å². The standard InChI is InChI=1S/C12H20BrN5/c1-14-11(12-9(13)7-15-16(12)2)10-8-17-3-5-18(10)6-4-17/h7,10-11,14H,3-6,8H2,1-2H3. The van der Waals surface area contributed by atoms with Gasteiger partial charge in [-0.3, -0.25) is 14.5 Å². The summed E-state index contributed by atoms with van der Waals surface area (Å²) in [5.74, 6) is 0. The Labute approximate surface area is 116 Å². The molecule has 3 fully saturated rings. The topological polar surface area (TPSA) is 36.3 Å². The molecule has 3 aliphatic rings. The molecule has 2 unspecified atom stereocenters. The minimum atomic E-state index is 0.329. The molecular weight excluding hydrogens is 294 g/mol. The molecule has 5 nitrogen and oxygen atoms in total. The zero-order chi connectivity index (χ0) is 12.7. The van der Waals surface area contributed by atoms with E-state index < -0.39 is 0 Å². The highest BCUT2D eigenvalue weighted by molar-refractivity contribution is 9.10. The molecule has 1 aromatic heterocycles. The molecule has 0 radical (unpaired) electrons. The number of halogens is 1. The first-order chi connectivity index (χ1) is 8.70. The molecule has 0 aromatic carbocycles. The summed E-state index contributed by atoms with van der Waals surface area (Å²) in [4.78, 5) is 5.18. The zero-order valence-electron chi connectivity index (χ0n) is 10.9. The Morgan fingerprint density at radius 3 is 2.56 bits per heavy atom. The van der Waals surface area contributed by atoms with Crippen molar-refractivity contribution in [1.29, 1.82) is 0 Å². The smallest absolute Gasteiger partial charge is 0.0708 e. The van der Waals surface area contributed by atoms with Gasteiger partial charge in [0.15, 0.2) is 0 Å². The lowest BCUT2D eigenvalue weighted by Gasteiger charge is -2.50. The van der Waals surface area contributed by atoms with Gasteiger partial charge < -0.3 is 5.32 Å². The Morgan fingerprint density at radius 1 is 1.39 bits per heavy atom. The summed E-state index contributed by atoms with van der Waals surface area (Å²) >= 11 is 3.62. The largest absolute Gasteiger partial charge is 0.310 e. The van der Waals surface area contributed by atoms with Crippen LogP contribution in [-0.4, -0.2) is 65.4 Å². The molecule has 1 N–H and O–H groups in total. The first-order valence-corrected chi connectivity index (χ1v) is 7.31. The van der Waals surface area contributed by atoms with Gasteiger partial charge in [0.25, 0.3) is 0 Å². The maximum absolute atomic E-state index is 4.34. The summed E-state index contributed by atoms with van der Waals surface area (Å²) in [6.07, 6.45) is 1.89. The van der Waals surface area contributed by atoms with Crippen LogP contribution in [0, 0.1) is 0 Å².